The minimum absolute atomic E-state index is 0.0182. The number of hydrogen-bond acceptors (Lipinski definition) is 4. The van der Waals surface area contributed by atoms with E-state index in [9.17, 15) is 4.79 Å². The maximum atomic E-state index is 11.3. The molecular weight excluding hydrogens is 242 g/mol. The Labute approximate surface area is 112 Å². The van der Waals surface area contributed by atoms with E-state index in [0.29, 0.717) is 23.8 Å². The monoisotopic (exact) mass is 257 g/mol. The second kappa shape index (κ2) is 6.00. The molecule has 0 aliphatic rings. The van der Waals surface area contributed by atoms with Crippen LogP contribution in [0.5, 0.6) is 17.4 Å². The van der Waals surface area contributed by atoms with Crippen molar-refractivity contribution in [3.63, 3.8) is 0 Å². The quantitative estimate of drug-likeness (QED) is 0.769. The Morgan fingerprint density at radius 1 is 1.21 bits per heavy atom. The van der Waals surface area contributed by atoms with E-state index in [2.05, 4.69) is 4.98 Å². The standard InChI is InChI=1S/C15H15NO3/c1-3-18-13-5-4-6-14(10-13)19-15-9-12(11(2)17)7-8-16-15/h4-10H,3H2,1-2H3. The van der Waals surface area contributed by atoms with E-state index >= 15 is 0 Å². The summed E-state index contributed by atoms with van der Waals surface area (Å²) < 4.78 is 11.0. The largest absolute Gasteiger partial charge is 0.494 e. The van der Waals surface area contributed by atoms with Crippen LogP contribution in [0.25, 0.3) is 0 Å². The minimum atomic E-state index is -0.0182. The molecule has 98 valence electrons. The molecule has 1 aromatic heterocycles. The second-order valence-electron chi connectivity index (χ2n) is 3.95. The van der Waals surface area contributed by atoms with E-state index in [-0.39, 0.29) is 5.78 Å². The number of rotatable bonds is 5. The molecule has 0 aliphatic heterocycles. The highest BCUT2D eigenvalue weighted by molar-refractivity contribution is 5.94. The summed E-state index contributed by atoms with van der Waals surface area (Å²) in [6.45, 7) is 4.03. The highest BCUT2D eigenvalue weighted by atomic mass is 16.5. The van der Waals surface area contributed by atoms with E-state index in [0.717, 1.165) is 5.75 Å². The molecule has 0 saturated carbocycles. The van der Waals surface area contributed by atoms with Gasteiger partial charge in [0, 0.05) is 23.9 Å². The van der Waals surface area contributed by atoms with Gasteiger partial charge in [0.2, 0.25) is 5.88 Å². The van der Waals surface area contributed by atoms with Crippen LogP contribution in [0.3, 0.4) is 0 Å². The first-order valence-corrected chi connectivity index (χ1v) is 6.06. The number of nitrogens with zero attached hydrogens (tertiary/aromatic N) is 1. The Morgan fingerprint density at radius 3 is 2.74 bits per heavy atom. The fourth-order valence-electron chi connectivity index (χ4n) is 1.60. The molecule has 0 aliphatic carbocycles. The predicted octanol–water partition coefficient (Wildman–Crippen LogP) is 3.48. The maximum absolute atomic E-state index is 11.3. The van der Waals surface area contributed by atoms with Gasteiger partial charge in [-0.1, -0.05) is 6.07 Å². The average molecular weight is 257 g/mol. The van der Waals surface area contributed by atoms with Crippen molar-refractivity contribution in [3.8, 4) is 17.4 Å². The van der Waals surface area contributed by atoms with Crippen molar-refractivity contribution in [1.29, 1.82) is 0 Å². The van der Waals surface area contributed by atoms with E-state index in [1.54, 1.807) is 24.4 Å². The lowest BCUT2D eigenvalue weighted by Crippen LogP contribution is -1.95. The molecule has 4 heteroatoms. The van der Waals surface area contributed by atoms with Crippen LogP contribution < -0.4 is 9.47 Å². The van der Waals surface area contributed by atoms with Crippen molar-refractivity contribution in [1.82, 2.24) is 4.98 Å². The molecule has 0 spiro atoms. The highest BCUT2D eigenvalue weighted by Crippen LogP contribution is 2.24. The first-order valence-electron chi connectivity index (χ1n) is 6.06. The van der Waals surface area contributed by atoms with Crippen LogP contribution in [0, 0.1) is 0 Å². The lowest BCUT2D eigenvalue weighted by Gasteiger charge is -2.07. The van der Waals surface area contributed by atoms with Gasteiger partial charge in [0.25, 0.3) is 0 Å². The minimum Gasteiger partial charge on any atom is -0.494 e. The van der Waals surface area contributed by atoms with Crippen LogP contribution in [0.2, 0.25) is 0 Å². The van der Waals surface area contributed by atoms with Gasteiger partial charge in [-0.15, -0.1) is 0 Å². The number of benzene rings is 1. The molecule has 19 heavy (non-hydrogen) atoms. The van der Waals surface area contributed by atoms with Gasteiger partial charge in [-0.2, -0.15) is 0 Å². The van der Waals surface area contributed by atoms with Gasteiger partial charge in [0.1, 0.15) is 11.5 Å². The van der Waals surface area contributed by atoms with Gasteiger partial charge in [-0.25, -0.2) is 4.98 Å². The Morgan fingerprint density at radius 2 is 2.00 bits per heavy atom. The van der Waals surface area contributed by atoms with Crippen molar-refractivity contribution in [2.45, 2.75) is 13.8 Å². The smallest absolute Gasteiger partial charge is 0.219 e. The van der Waals surface area contributed by atoms with E-state index in [1.165, 1.54) is 6.92 Å². The summed E-state index contributed by atoms with van der Waals surface area (Å²) in [7, 11) is 0. The Hall–Kier alpha value is -2.36. The van der Waals surface area contributed by atoms with Crippen molar-refractivity contribution in [3.05, 3.63) is 48.2 Å². The van der Waals surface area contributed by atoms with Gasteiger partial charge in [-0.05, 0) is 32.0 Å². The van der Waals surface area contributed by atoms with Gasteiger partial charge in [-0.3, -0.25) is 4.79 Å². The van der Waals surface area contributed by atoms with Gasteiger partial charge < -0.3 is 9.47 Å². The number of carbonyl (C=O) groups excluding carboxylic acids is 1. The molecule has 0 saturated heterocycles. The number of pyridine rings is 1. The van der Waals surface area contributed by atoms with Crippen LogP contribution in [0.4, 0.5) is 0 Å². The third-order valence-corrected chi connectivity index (χ3v) is 2.48. The molecular formula is C15H15NO3. The third-order valence-electron chi connectivity index (χ3n) is 2.48. The molecule has 4 nitrogen and oxygen atoms in total. The van der Waals surface area contributed by atoms with E-state index < -0.39 is 0 Å². The molecule has 2 rings (SSSR count). The van der Waals surface area contributed by atoms with Crippen LogP contribution in [0.1, 0.15) is 24.2 Å². The number of carbonyl (C=O) groups is 1. The summed E-state index contributed by atoms with van der Waals surface area (Å²) >= 11 is 0. The zero-order chi connectivity index (χ0) is 13.7. The first kappa shape index (κ1) is 13.1. The highest BCUT2D eigenvalue weighted by Gasteiger charge is 2.04. The molecule has 0 atom stereocenters. The number of ether oxygens (including phenoxy) is 2. The summed E-state index contributed by atoms with van der Waals surface area (Å²) in [6, 6.07) is 10.6. The molecule has 1 aromatic carbocycles. The predicted molar refractivity (Wildman–Crippen MR) is 71.9 cm³/mol. The number of hydrogen-bond donors (Lipinski definition) is 0. The lowest BCUT2D eigenvalue weighted by molar-refractivity contribution is 0.101. The molecule has 2 aromatic rings. The SMILES string of the molecule is CCOc1cccc(Oc2cc(C(C)=O)ccn2)c1. The number of Topliss-reactive ketones (excluding diaryl/α,β-unsaturated/α-hetero) is 1. The Balaban J connectivity index is 2.18. The van der Waals surface area contributed by atoms with Gasteiger partial charge >= 0.3 is 0 Å². The van der Waals surface area contributed by atoms with Crippen molar-refractivity contribution < 1.29 is 14.3 Å². The molecule has 1 heterocycles. The molecule has 0 amide bonds. The van der Waals surface area contributed by atoms with Crippen molar-refractivity contribution >= 4 is 5.78 Å². The lowest BCUT2D eigenvalue weighted by atomic mass is 10.2. The van der Waals surface area contributed by atoms with E-state index in [1.807, 2.05) is 25.1 Å². The first-order chi connectivity index (χ1) is 9.19. The van der Waals surface area contributed by atoms with Crippen LogP contribution in [0.15, 0.2) is 42.6 Å². The fraction of sp³-hybridized carbons (Fsp3) is 0.200. The van der Waals surface area contributed by atoms with Crippen LogP contribution >= 0.6 is 0 Å². The average Bonchev–Trinajstić information content (AvgIpc) is 2.40. The maximum Gasteiger partial charge on any atom is 0.219 e. The summed E-state index contributed by atoms with van der Waals surface area (Å²) in [4.78, 5) is 15.4. The van der Waals surface area contributed by atoms with Crippen molar-refractivity contribution in [2.75, 3.05) is 6.61 Å². The van der Waals surface area contributed by atoms with Crippen molar-refractivity contribution in [2.24, 2.45) is 0 Å². The van der Waals surface area contributed by atoms with Crippen LogP contribution in [-0.4, -0.2) is 17.4 Å². The summed E-state index contributed by atoms with van der Waals surface area (Å²) in [5, 5.41) is 0. The molecule has 0 N–H and O–H groups in total. The Bertz CT molecular complexity index is 581. The molecule has 0 unspecified atom stereocenters. The second-order valence-corrected chi connectivity index (χ2v) is 3.95. The summed E-state index contributed by atoms with van der Waals surface area (Å²) in [6.07, 6.45) is 1.55. The van der Waals surface area contributed by atoms with Gasteiger partial charge in [0.05, 0.1) is 6.61 Å². The molecule has 0 bridgehead atoms. The Kier molecular flexibility index (Phi) is 4.13. The fourth-order valence-corrected chi connectivity index (χ4v) is 1.60. The topological polar surface area (TPSA) is 48.4 Å². The summed E-state index contributed by atoms with van der Waals surface area (Å²) in [5.74, 6) is 1.73. The summed E-state index contributed by atoms with van der Waals surface area (Å²) in [5.41, 5.74) is 0.575. The molecule has 0 radical (unpaired) electrons. The normalized spacial score (nSPS) is 10.0. The number of aromatic nitrogens is 1. The zero-order valence-corrected chi connectivity index (χ0v) is 10.9. The van der Waals surface area contributed by atoms with Gasteiger partial charge in [0.15, 0.2) is 5.78 Å². The third kappa shape index (κ3) is 3.55. The molecule has 0 fully saturated rings. The zero-order valence-electron chi connectivity index (χ0n) is 10.9. The van der Waals surface area contributed by atoms with E-state index in [4.69, 9.17) is 9.47 Å². The van der Waals surface area contributed by atoms with Crippen LogP contribution in [-0.2, 0) is 0 Å². The number of ketones is 1.